The Morgan fingerprint density at radius 3 is 2.82 bits per heavy atom. The van der Waals surface area contributed by atoms with Crippen LogP contribution in [0.1, 0.15) is 5.82 Å². The number of hydrogen-bond acceptors (Lipinski definition) is 6. The molecule has 0 fully saturated rings. The summed E-state index contributed by atoms with van der Waals surface area (Å²) in [4.78, 5) is 3.77. The summed E-state index contributed by atoms with van der Waals surface area (Å²) in [5.74, 6) is -0.329. The van der Waals surface area contributed by atoms with Gasteiger partial charge in [-0.15, -0.1) is 0 Å². The summed E-state index contributed by atoms with van der Waals surface area (Å²) in [5, 5.41) is 6.12. The highest BCUT2D eigenvalue weighted by Crippen LogP contribution is 2.33. The van der Waals surface area contributed by atoms with E-state index in [-0.39, 0.29) is 28.6 Å². The Bertz CT molecular complexity index is 531. The molecule has 17 heavy (non-hydrogen) atoms. The summed E-state index contributed by atoms with van der Waals surface area (Å²) >= 11 is 5.67. The van der Waals surface area contributed by atoms with Crippen LogP contribution < -0.4 is 16.8 Å². The first-order valence-electron chi connectivity index (χ1n) is 4.61. The first-order chi connectivity index (χ1) is 8.09. The van der Waals surface area contributed by atoms with Crippen molar-refractivity contribution in [2.24, 2.45) is 0 Å². The molecule has 0 atom stereocenters. The van der Waals surface area contributed by atoms with E-state index in [1.54, 1.807) is 0 Å². The molecule has 1 aromatic carbocycles. The Labute approximate surface area is 101 Å². The number of nitrogens with two attached hydrogens (primary N) is 2. The molecule has 0 amide bonds. The van der Waals surface area contributed by atoms with E-state index in [0.29, 0.717) is 5.82 Å². The summed E-state index contributed by atoms with van der Waals surface area (Å²) in [6.07, 6.45) is 1.17. The first-order valence-corrected chi connectivity index (χ1v) is 4.99. The van der Waals surface area contributed by atoms with E-state index in [4.69, 9.17) is 23.1 Å². The number of aromatic nitrogens is 2. The average Bonchev–Trinajstić information content (AvgIpc) is 2.79. The molecule has 5 N–H and O–H groups in total. The molecular weight excluding hydrogens is 249 g/mol. The van der Waals surface area contributed by atoms with Gasteiger partial charge in [0.05, 0.1) is 23.6 Å². The van der Waals surface area contributed by atoms with Crippen molar-refractivity contribution in [3.63, 3.8) is 0 Å². The van der Waals surface area contributed by atoms with Crippen LogP contribution in [0, 0.1) is 5.82 Å². The van der Waals surface area contributed by atoms with E-state index in [2.05, 4.69) is 20.0 Å². The van der Waals surface area contributed by atoms with Crippen molar-refractivity contribution < 1.29 is 8.91 Å². The number of nitrogen functional groups attached to an aromatic ring is 2. The Hall–Kier alpha value is -2.02. The maximum Gasteiger partial charge on any atom is 0.213 e. The standard InChI is InChI=1S/C9H9ClFN5O/c10-7-4(12)1-5(13)9(8(7)11)14-2-6-15-3-17-16-6/h1,3,14H,2,12-13H2. The zero-order valence-corrected chi connectivity index (χ0v) is 9.33. The van der Waals surface area contributed by atoms with Gasteiger partial charge in [-0.25, -0.2) is 4.39 Å². The third-order valence-corrected chi connectivity index (χ3v) is 2.48. The molecule has 0 spiro atoms. The predicted molar refractivity (Wildman–Crippen MR) is 61.9 cm³/mol. The van der Waals surface area contributed by atoms with Crippen LogP contribution in [0.4, 0.5) is 21.5 Å². The van der Waals surface area contributed by atoms with Crippen LogP contribution in [0.15, 0.2) is 17.0 Å². The van der Waals surface area contributed by atoms with Gasteiger partial charge < -0.3 is 21.3 Å². The Balaban J connectivity index is 2.24. The van der Waals surface area contributed by atoms with Gasteiger partial charge in [-0.2, -0.15) is 4.98 Å². The number of nitrogens with one attached hydrogen (secondary N) is 1. The van der Waals surface area contributed by atoms with Crippen molar-refractivity contribution in [1.29, 1.82) is 0 Å². The lowest BCUT2D eigenvalue weighted by Crippen LogP contribution is -2.07. The van der Waals surface area contributed by atoms with Gasteiger partial charge in [0.15, 0.2) is 11.6 Å². The van der Waals surface area contributed by atoms with Gasteiger partial charge in [0.1, 0.15) is 5.02 Å². The van der Waals surface area contributed by atoms with Crippen molar-refractivity contribution in [2.45, 2.75) is 6.54 Å². The quantitative estimate of drug-likeness (QED) is 0.722. The minimum Gasteiger partial charge on any atom is -0.397 e. The van der Waals surface area contributed by atoms with Crippen LogP contribution in [0.5, 0.6) is 0 Å². The highest BCUT2D eigenvalue weighted by Gasteiger charge is 2.14. The summed E-state index contributed by atoms with van der Waals surface area (Å²) < 4.78 is 18.3. The van der Waals surface area contributed by atoms with E-state index in [1.165, 1.54) is 12.5 Å². The van der Waals surface area contributed by atoms with Gasteiger partial charge >= 0.3 is 0 Å². The van der Waals surface area contributed by atoms with Gasteiger partial charge in [0.2, 0.25) is 6.39 Å². The number of anilines is 3. The molecule has 2 rings (SSSR count). The fourth-order valence-corrected chi connectivity index (χ4v) is 1.43. The topological polar surface area (TPSA) is 103 Å². The fraction of sp³-hybridized carbons (Fsp3) is 0.111. The molecule has 1 aromatic heterocycles. The lowest BCUT2D eigenvalue weighted by molar-refractivity contribution is 0.411. The second-order valence-corrected chi connectivity index (χ2v) is 3.64. The first kappa shape index (κ1) is 11.5. The average molecular weight is 258 g/mol. The number of hydrogen-bond donors (Lipinski definition) is 3. The van der Waals surface area contributed by atoms with Crippen molar-refractivity contribution in [1.82, 2.24) is 10.1 Å². The molecule has 0 aliphatic carbocycles. The molecule has 6 nitrogen and oxygen atoms in total. The summed E-state index contributed by atoms with van der Waals surface area (Å²) in [6, 6.07) is 1.38. The van der Waals surface area contributed by atoms with Gasteiger partial charge in [-0.3, -0.25) is 0 Å². The van der Waals surface area contributed by atoms with E-state index in [0.717, 1.165) is 0 Å². The van der Waals surface area contributed by atoms with Crippen LogP contribution in [-0.2, 0) is 6.54 Å². The largest absolute Gasteiger partial charge is 0.397 e. The normalized spacial score (nSPS) is 10.5. The third-order valence-electron chi connectivity index (χ3n) is 2.10. The van der Waals surface area contributed by atoms with E-state index >= 15 is 0 Å². The van der Waals surface area contributed by atoms with Gasteiger partial charge in [0.25, 0.3) is 0 Å². The van der Waals surface area contributed by atoms with Crippen molar-refractivity contribution >= 4 is 28.7 Å². The predicted octanol–water partition coefficient (Wildman–Crippen LogP) is 1.64. The molecule has 0 aliphatic heterocycles. The second kappa shape index (κ2) is 4.46. The van der Waals surface area contributed by atoms with Crippen LogP contribution in [0.3, 0.4) is 0 Å². The van der Waals surface area contributed by atoms with Crippen LogP contribution >= 0.6 is 11.6 Å². The minimum absolute atomic E-state index is 0.0639. The molecule has 0 saturated carbocycles. The Kier molecular flexibility index (Phi) is 3.01. The van der Waals surface area contributed by atoms with Crippen LogP contribution in [-0.4, -0.2) is 10.1 Å². The SMILES string of the molecule is Nc1cc(N)c(NCc2ncon2)c(F)c1Cl. The second-order valence-electron chi connectivity index (χ2n) is 3.26. The van der Waals surface area contributed by atoms with E-state index in [1.807, 2.05) is 0 Å². The zero-order chi connectivity index (χ0) is 12.4. The molecule has 1 heterocycles. The van der Waals surface area contributed by atoms with Crippen molar-refractivity contribution in [2.75, 3.05) is 16.8 Å². The summed E-state index contributed by atoms with van der Waals surface area (Å²) in [7, 11) is 0. The van der Waals surface area contributed by atoms with E-state index in [9.17, 15) is 4.39 Å². The molecule has 90 valence electrons. The third kappa shape index (κ3) is 2.23. The Morgan fingerprint density at radius 2 is 2.18 bits per heavy atom. The number of nitrogens with zero attached hydrogens (tertiary/aromatic N) is 2. The lowest BCUT2D eigenvalue weighted by atomic mass is 10.2. The summed E-state index contributed by atoms with van der Waals surface area (Å²) in [5.41, 5.74) is 11.4. The molecule has 2 aromatic rings. The Morgan fingerprint density at radius 1 is 1.41 bits per heavy atom. The zero-order valence-electron chi connectivity index (χ0n) is 8.58. The van der Waals surface area contributed by atoms with Crippen molar-refractivity contribution in [3.05, 3.63) is 29.1 Å². The molecule has 0 aliphatic rings. The van der Waals surface area contributed by atoms with Gasteiger partial charge in [-0.05, 0) is 6.07 Å². The maximum atomic E-state index is 13.7. The molecular formula is C9H9ClFN5O. The number of benzene rings is 1. The van der Waals surface area contributed by atoms with Gasteiger partial charge in [-0.1, -0.05) is 16.8 Å². The molecule has 0 bridgehead atoms. The lowest BCUT2D eigenvalue weighted by Gasteiger charge is -2.11. The monoisotopic (exact) mass is 257 g/mol. The fourth-order valence-electron chi connectivity index (χ4n) is 1.28. The minimum atomic E-state index is -0.701. The number of rotatable bonds is 3. The van der Waals surface area contributed by atoms with Gasteiger partial charge in [0, 0.05) is 0 Å². The van der Waals surface area contributed by atoms with E-state index < -0.39 is 5.82 Å². The molecule has 0 radical (unpaired) electrons. The highest BCUT2D eigenvalue weighted by molar-refractivity contribution is 6.33. The molecule has 0 unspecified atom stereocenters. The molecule has 0 saturated heterocycles. The van der Waals surface area contributed by atoms with Crippen molar-refractivity contribution in [3.8, 4) is 0 Å². The van der Waals surface area contributed by atoms with Crippen LogP contribution in [0.25, 0.3) is 0 Å². The van der Waals surface area contributed by atoms with Crippen LogP contribution in [0.2, 0.25) is 5.02 Å². The molecule has 8 heteroatoms. The number of halogens is 2. The smallest absolute Gasteiger partial charge is 0.213 e. The summed E-state index contributed by atoms with van der Waals surface area (Å²) in [6.45, 7) is 0.165. The maximum absolute atomic E-state index is 13.7. The highest BCUT2D eigenvalue weighted by atomic mass is 35.5.